The molecule has 0 radical (unpaired) electrons. The molecule has 0 fully saturated rings. The molecule has 1 aliphatic heterocycles. The van der Waals surface area contributed by atoms with Crippen LogP contribution in [0.1, 0.15) is 17.2 Å². The van der Waals surface area contributed by atoms with Crippen LogP contribution in [0.2, 0.25) is 0 Å². The lowest BCUT2D eigenvalue weighted by Crippen LogP contribution is -2.34. The molecule has 70 valence electrons. The molecule has 0 amide bonds. The van der Waals surface area contributed by atoms with Crippen LogP contribution in [0.4, 0.5) is 0 Å². The summed E-state index contributed by atoms with van der Waals surface area (Å²) < 4.78 is 1.12. The molecule has 0 spiro atoms. The fourth-order valence-electron chi connectivity index (χ4n) is 1.84. The topological polar surface area (TPSA) is 29.3 Å². The van der Waals surface area contributed by atoms with Gasteiger partial charge in [-0.05, 0) is 30.3 Å². The lowest BCUT2D eigenvalue weighted by molar-refractivity contribution is 0.283. The van der Waals surface area contributed by atoms with Crippen LogP contribution in [0.15, 0.2) is 22.7 Å². The summed E-state index contributed by atoms with van der Waals surface area (Å²) in [5.41, 5.74) is 8.68. The fraction of sp³-hybridized carbons (Fsp3) is 0.400. The smallest absolute Gasteiger partial charge is 0.0427 e. The maximum Gasteiger partial charge on any atom is 0.0427 e. The van der Waals surface area contributed by atoms with Gasteiger partial charge in [-0.15, -0.1) is 0 Å². The van der Waals surface area contributed by atoms with Gasteiger partial charge in [-0.2, -0.15) is 0 Å². The minimum atomic E-state index is 0.159. The average Bonchev–Trinajstić information content (AvgIpc) is 2.06. The summed E-state index contributed by atoms with van der Waals surface area (Å²) in [5.74, 6) is 0. The number of hydrogen-bond acceptors (Lipinski definition) is 2. The van der Waals surface area contributed by atoms with Gasteiger partial charge in [-0.1, -0.05) is 22.0 Å². The van der Waals surface area contributed by atoms with Crippen LogP contribution in [0.25, 0.3) is 0 Å². The van der Waals surface area contributed by atoms with Crippen LogP contribution in [0.3, 0.4) is 0 Å². The molecule has 1 unspecified atom stereocenters. The molecular weight excluding hydrogens is 228 g/mol. The van der Waals surface area contributed by atoms with E-state index in [4.69, 9.17) is 5.73 Å². The van der Waals surface area contributed by atoms with Gasteiger partial charge >= 0.3 is 0 Å². The molecule has 0 bridgehead atoms. The maximum absolute atomic E-state index is 6.04. The van der Waals surface area contributed by atoms with E-state index in [0.29, 0.717) is 0 Å². The normalized spacial score (nSPS) is 22.8. The Kier molecular flexibility index (Phi) is 2.41. The van der Waals surface area contributed by atoms with Gasteiger partial charge in [0.1, 0.15) is 0 Å². The first kappa shape index (κ1) is 9.19. The lowest BCUT2D eigenvalue weighted by atomic mass is 9.96. The maximum atomic E-state index is 6.04. The average molecular weight is 241 g/mol. The molecule has 1 aromatic rings. The van der Waals surface area contributed by atoms with Crippen molar-refractivity contribution in [2.45, 2.75) is 12.6 Å². The molecule has 0 saturated carbocycles. The van der Waals surface area contributed by atoms with Crippen LogP contribution in [-0.2, 0) is 6.54 Å². The lowest BCUT2D eigenvalue weighted by Gasteiger charge is -2.29. The largest absolute Gasteiger partial charge is 0.323 e. The fourth-order valence-corrected chi connectivity index (χ4v) is 2.22. The van der Waals surface area contributed by atoms with Crippen LogP contribution >= 0.6 is 15.9 Å². The van der Waals surface area contributed by atoms with Gasteiger partial charge in [0.2, 0.25) is 0 Å². The van der Waals surface area contributed by atoms with Crippen molar-refractivity contribution in [1.29, 1.82) is 0 Å². The third kappa shape index (κ3) is 1.77. The van der Waals surface area contributed by atoms with Crippen molar-refractivity contribution in [2.75, 3.05) is 13.6 Å². The van der Waals surface area contributed by atoms with E-state index in [2.05, 4.69) is 46.1 Å². The molecule has 1 heterocycles. The van der Waals surface area contributed by atoms with Gasteiger partial charge in [0.15, 0.2) is 0 Å². The van der Waals surface area contributed by atoms with Gasteiger partial charge in [0.05, 0.1) is 0 Å². The van der Waals surface area contributed by atoms with Gasteiger partial charge < -0.3 is 10.6 Å². The zero-order valence-electron chi connectivity index (χ0n) is 7.63. The Morgan fingerprint density at radius 1 is 1.54 bits per heavy atom. The Balaban J connectivity index is 2.43. The summed E-state index contributed by atoms with van der Waals surface area (Å²) in [4.78, 5) is 2.25. The number of halogens is 1. The number of nitrogens with two attached hydrogens (primary N) is 1. The van der Waals surface area contributed by atoms with Gasteiger partial charge in [0, 0.05) is 23.6 Å². The molecular formula is C10H13BrN2. The first-order valence-electron chi connectivity index (χ1n) is 4.39. The highest BCUT2D eigenvalue weighted by atomic mass is 79.9. The first-order chi connectivity index (χ1) is 6.16. The highest BCUT2D eigenvalue weighted by molar-refractivity contribution is 9.10. The Hall–Kier alpha value is -0.380. The SMILES string of the molecule is CN1Cc2ccc(Br)cc2C(N)C1. The molecule has 2 rings (SSSR count). The summed E-state index contributed by atoms with van der Waals surface area (Å²) in [6.07, 6.45) is 0. The quantitative estimate of drug-likeness (QED) is 0.751. The van der Waals surface area contributed by atoms with Crippen molar-refractivity contribution in [3.8, 4) is 0 Å². The summed E-state index contributed by atoms with van der Waals surface area (Å²) in [6, 6.07) is 6.51. The summed E-state index contributed by atoms with van der Waals surface area (Å²) in [7, 11) is 2.10. The van der Waals surface area contributed by atoms with Crippen molar-refractivity contribution in [3.05, 3.63) is 33.8 Å². The molecule has 2 nitrogen and oxygen atoms in total. The van der Waals surface area contributed by atoms with Gasteiger partial charge in [-0.3, -0.25) is 0 Å². The Bertz CT molecular complexity index is 325. The zero-order chi connectivity index (χ0) is 9.42. The molecule has 0 aromatic heterocycles. The Morgan fingerprint density at radius 3 is 3.08 bits per heavy atom. The van der Waals surface area contributed by atoms with Crippen LogP contribution in [0.5, 0.6) is 0 Å². The predicted octanol–water partition coefficient (Wildman–Crippen LogP) is 1.89. The Labute approximate surface area is 86.9 Å². The van der Waals surface area contributed by atoms with Crippen LogP contribution < -0.4 is 5.73 Å². The third-order valence-corrected chi connectivity index (χ3v) is 2.95. The Morgan fingerprint density at radius 2 is 2.31 bits per heavy atom. The number of fused-ring (bicyclic) bond motifs is 1. The molecule has 1 aliphatic rings. The summed E-state index contributed by atoms with van der Waals surface area (Å²) in [6.45, 7) is 1.96. The zero-order valence-corrected chi connectivity index (χ0v) is 9.21. The van der Waals surface area contributed by atoms with E-state index in [-0.39, 0.29) is 6.04 Å². The number of hydrogen-bond donors (Lipinski definition) is 1. The van der Waals surface area contributed by atoms with Crippen LogP contribution in [-0.4, -0.2) is 18.5 Å². The first-order valence-corrected chi connectivity index (χ1v) is 5.18. The second-order valence-electron chi connectivity index (χ2n) is 3.65. The van der Waals surface area contributed by atoms with Crippen molar-refractivity contribution in [1.82, 2.24) is 4.90 Å². The monoisotopic (exact) mass is 240 g/mol. The second-order valence-corrected chi connectivity index (χ2v) is 4.56. The van der Waals surface area contributed by atoms with Gasteiger partial charge in [0.25, 0.3) is 0 Å². The standard InChI is InChI=1S/C10H13BrN2/c1-13-5-7-2-3-8(11)4-9(7)10(12)6-13/h2-4,10H,5-6,12H2,1H3. The molecule has 0 saturated heterocycles. The van der Waals surface area contributed by atoms with Crippen molar-refractivity contribution < 1.29 is 0 Å². The minimum absolute atomic E-state index is 0.159. The molecule has 1 aromatic carbocycles. The second kappa shape index (κ2) is 3.40. The molecule has 3 heteroatoms. The third-order valence-electron chi connectivity index (χ3n) is 2.46. The van der Waals surface area contributed by atoms with Crippen molar-refractivity contribution >= 4 is 15.9 Å². The summed E-state index contributed by atoms with van der Waals surface area (Å²) >= 11 is 3.46. The molecule has 0 aliphatic carbocycles. The highest BCUT2D eigenvalue weighted by Gasteiger charge is 2.19. The van der Waals surface area contributed by atoms with E-state index >= 15 is 0 Å². The van der Waals surface area contributed by atoms with Crippen molar-refractivity contribution in [3.63, 3.8) is 0 Å². The number of nitrogens with zero attached hydrogens (tertiary/aromatic N) is 1. The van der Waals surface area contributed by atoms with Crippen LogP contribution in [0, 0.1) is 0 Å². The highest BCUT2D eigenvalue weighted by Crippen LogP contribution is 2.26. The predicted molar refractivity (Wildman–Crippen MR) is 57.4 cm³/mol. The molecule has 1 atom stereocenters. The van der Waals surface area contributed by atoms with E-state index in [1.54, 1.807) is 0 Å². The molecule has 13 heavy (non-hydrogen) atoms. The van der Waals surface area contributed by atoms with Gasteiger partial charge in [-0.25, -0.2) is 0 Å². The van der Waals surface area contributed by atoms with E-state index in [1.807, 2.05) is 0 Å². The van der Waals surface area contributed by atoms with E-state index in [0.717, 1.165) is 17.6 Å². The molecule has 2 N–H and O–H groups in total. The van der Waals surface area contributed by atoms with E-state index in [1.165, 1.54) is 11.1 Å². The summed E-state index contributed by atoms with van der Waals surface area (Å²) in [5, 5.41) is 0. The van der Waals surface area contributed by atoms with E-state index < -0.39 is 0 Å². The minimum Gasteiger partial charge on any atom is -0.323 e. The number of rotatable bonds is 0. The number of benzene rings is 1. The number of likely N-dealkylation sites (N-methyl/N-ethyl adjacent to an activating group) is 1. The van der Waals surface area contributed by atoms with E-state index in [9.17, 15) is 0 Å². The van der Waals surface area contributed by atoms with Crippen molar-refractivity contribution in [2.24, 2.45) is 5.73 Å².